The zero-order valence-electron chi connectivity index (χ0n) is 18.7. The number of aromatic nitrogens is 2. The van der Waals surface area contributed by atoms with Gasteiger partial charge in [-0.25, -0.2) is 15.0 Å². The van der Waals surface area contributed by atoms with Crippen molar-refractivity contribution in [2.24, 2.45) is 4.99 Å². The van der Waals surface area contributed by atoms with Crippen LogP contribution in [0, 0.1) is 0 Å². The molecule has 0 saturated carbocycles. The van der Waals surface area contributed by atoms with Crippen molar-refractivity contribution in [1.29, 1.82) is 0 Å². The van der Waals surface area contributed by atoms with Crippen molar-refractivity contribution in [1.82, 2.24) is 25.5 Å². The van der Waals surface area contributed by atoms with Crippen LogP contribution in [0.3, 0.4) is 0 Å². The Morgan fingerprint density at radius 2 is 1.73 bits per heavy atom. The molecule has 1 aromatic heterocycles. The van der Waals surface area contributed by atoms with Crippen LogP contribution in [0.1, 0.15) is 36.6 Å². The third-order valence-electron chi connectivity index (χ3n) is 5.04. The van der Waals surface area contributed by atoms with Gasteiger partial charge in [-0.05, 0) is 50.0 Å². The zero-order chi connectivity index (χ0) is 22.8. The molecule has 1 aliphatic heterocycles. The van der Waals surface area contributed by atoms with Gasteiger partial charge in [0, 0.05) is 32.4 Å². The molecule has 1 aromatic carbocycles. The lowest BCUT2D eigenvalue weighted by molar-refractivity contribution is -0.141. The van der Waals surface area contributed by atoms with Crippen LogP contribution in [0.5, 0.6) is 0 Å². The maximum Gasteiger partial charge on any atom is 0.433 e. The Morgan fingerprint density at radius 3 is 2.39 bits per heavy atom. The summed E-state index contributed by atoms with van der Waals surface area (Å²) in [5.74, 6) is 0.581. The number of nitrogens with one attached hydrogen (secondary N) is 3. The van der Waals surface area contributed by atoms with E-state index < -0.39 is 11.9 Å². The molecule has 1 fully saturated rings. The van der Waals surface area contributed by atoms with Crippen LogP contribution in [0.2, 0.25) is 0 Å². The van der Waals surface area contributed by atoms with Crippen LogP contribution in [0.25, 0.3) is 0 Å². The Bertz CT molecular complexity index is 869. The summed E-state index contributed by atoms with van der Waals surface area (Å²) in [7, 11) is 0. The molecule has 0 spiro atoms. The van der Waals surface area contributed by atoms with Crippen molar-refractivity contribution in [3.8, 4) is 0 Å². The first kappa shape index (κ1) is 27.1. The maximum atomic E-state index is 12.7. The van der Waals surface area contributed by atoms with Crippen LogP contribution in [0.15, 0.2) is 41.5 Å². The SMILES string of the molecule is CCNC(=NCc1ccc(CN2CCCC2)cc1)NCCNc1nccc(C(F)(F)F)n1.I. The predicted molar refractivity (Wildman–Crippen MR) is 135 cm³/mol. The smallest absolute Gasteiger partial charge is 0.357 e. The number of benzene rings is 1. The topological polar surface area (TPSA) is 77.5 Å². The van der Waals surface area contributed by atoms with Crippen molar-refractivity contribution in [3.63, 3.8) is 0 Å². The second kappa shape index (κ2) is 13.5. The van der Waals surface area contributed by atoms with E-state index in [9.17, 15) is 13.2 Å². The molecule has 11 heteroatoms. The van der Waals surface area contributed by atoms with Crippen LogP contribution >= 0.6 is 24.0 Å². The molecule has 2 aromatic rings. The number of guanidine groups is 1. The van der Waals surface area contributed by atoms with Crippen LogP contribution in [-0.2, 0) is 19.3 Å². The van der Waals surface area contributed by atoms with Gasteiger partial charge < -0.3 is 16.0 Å². The molecule has 0 atom stereocenters. The number of hydrogen-bond acceptors (Lipinski definition) is 5. The first-order valence-electron chi connectivity index (χ1n) is 10.9. The Kier molecular flexibility index (Phi) is 11.1. The first-order chi connectivity index (χ1) is 15.4. The minimum absolute atomic E-state index is 0. The maximum absolute atomic E-state index is 12.7. The molecule has 0 bridgehead atoms. The number of halogens is 4. The Labute approximate surface area is 209 Å². The van der Waals surface area contributed by atoms with Crippen molar-refractivity contribution >= 4 is 35.9 Å². The van der Waals surface area contributed by atoms with E-state index in [1.807, 2.05) is 6.92 Å². The normalized spacial score (nSPS) is 14.6. The van der Waals surface area contributed by atoms with Crippen LogP contribution in [0.4, 0.5) is 19.1 Å². The number of hydrogen-bond donors (Lipinski definition) is 3. The van der Waals surface area contributed by atoms with Crippen LogP contribution < -0.4 is 16.0 Å². The number of aliphatic imine (C=N–C) groups is 1. The minimum Gasteiger partial charge on any atom is -0.357 e. The Morgan fingerprint density at radius 1 is 1.03 bits per heavy atom. The first-order valence-corrected chi connectivity index (χ1v) is 10.9. The van der Waals surface area contributed by atoms with Crippen molar-refractivity contribution in [2.45, 2.75) is 39.0 Å². The summed E-state index contributed by atoms with van der Waals surface area (Å²) in [6.45, 7) is 7.35. The standard InChI is InChI=1S/C22H30F3N7.HI/c1-2-26-20(28-11-12-29-21-27-10-9-19(31-21)22(23,24)25)30-15-17-5-7-18(8-6-17)16-32-13-3-4-14-32;/h5-10H,2-4,11-16H2,1H3,(H2,26,28,30)(H,27,29,31);1H. The minimum atomic E-state index is -4.49. The molecule has 0 amide bonds. The number of likely N-dealkylation sites (tertiary alicyclic amines) is 1. The van der Waals surface area contributed by atoms with E-state index in [1.165, 1.54) is 31.5 Å². The van der Waals surface area contributed by atoms with E-state index in [2.05, 4.69) is 60.1 Å². The summed E-state index contributed by atoms with van der Waals surface area (Å²) in [6.07, 6.45) is -0.826. The lowest BCUT2D eigenvalue weighted by Gasteiger charge is -2.14. The van der Waals surface area contributed by atoms with Gasteiger partial charge in [0.1, 0.15) is 5.69 Å². The third-order valence-corrected chi connectivity index (χ3v) is 5.04. The highest BCUT2D eigenvalue weighted by Crippen LogP contribution is 2.27. The lowest BCUT2D eigenvalue weighted by atomic mass is 10.1. The van der Waals surface area contributed by atoms with E-state index in [0.29, 0.717) is 32.1 Å². The average Bonchev–Trinajstić information content (AvgIpc) is 3.28. The molecule has 2 heterocycles. The predicted octanol–water partition coefficient (Wildman–Crippen LogP) is 3.88. The summed E-state index contributed by atoms with van der Waals surface area (Å²) < 4.78 is 38.2. The monoisotopic (exact) mass is 577 g/mol. The number of nitrogens with zero attached hydrogens (tertiary/aromatic N) is 4. The molecule has 1 saturated heterocycles. The number of anilines is 1. The van der Waals surface area contributed by atoms with Gasteiger partial charge in [-0.15, -0.1) is 24.0 Å². The molecule has 182 valence electrons. The fourth-order valence-corrected chi connectivity index (χ4v) is 3.42. The van der Waals surface area contributed by atoms with Gasteiger partial charge in [0.2, 0.25) is 5.95 Å². The van der Waals surface area contributed by atoms with Gasteiger partial charge in [0.05, 0.1) is 6.54 Å². The second-order valence-electron chi connectivity index (χ2n) is 7.61. The molecule has 33 heavy (non-hydrogen) atoms. The van der Waals surface area contributed by atoms with E-state index in [1.54, 1.807) is 0 Å². The van der Waals surface area contributed by atoms with Gasteiger partial charge >= 0.3 is 6.18 Å². The summed E-state index contributed by atoms with van der Waals surface area (Å²) in [4.78, 5) is 14.4. The van der Waals surface area contributed by atoms with Gasteiger partial charge in [-0.2, -0.15) is 13.2 Å². The fourth-order valence-electron chi connectivity index (χ4n) is 3.42. The Balaban J connectivity index is 0.00000385. The fraction of sp³-hybridized carbons (Fsp3) is 0.500. The molecule has 3 rings (SSSR count). The van der Waals surface area contributed by atoms with Crippen molar-refractivity contribution in [2.75, 3.05) is 38.0 Å². The van der Waals surface area contributed by atoms with Gasteiger partial charge in [0.15, 0.2) is 5.96 Å². The molecule has 1 aliphatic rings. The zero-order valence-corrected chi connectivity index (χ0v) is 21.0. The van der Waals surface area contributed by atoms with Gasteiger partial charge in [0.25, 0.3) is 0 Å². The molecule has 0 unspecified atom stereocenters. The molecule has 0 aliphatic carbocycles. The van der Waals surface area contributed by atoms with E-state index in [-0.39, 0.29) is 29.9 Å². The quantitative estimate of drug-likeness (QED) is 0.182. The molecule has 0 radical (unpaired) electrons. The van der Waals surface area contributed by atoms with Gasteiger partial charge in [-0.3, -0.25) is 4.90 Å². The third kappa shape index (κ3) is 9.32. The lowest BCUT2D eigenvalue weighted by Crippen LogP contribution is -2.39. The van der Waals surface area contributed by atoms with Gasteiger partial charge in [-0.1, -0.05) is 24.3 Å². The highest BCUT2D eigenvalue weighted by atomic mass is 127. The number of rotatable bonds is 9. The van der Waals surface area contributed by atoms with E-state index in [0.717, 1.165) is 24.4 Å². The van der Waals surface area contributed by atoms with Crippen LogP contribution in [-0.4, -0.2) is 53.6 Å². The summed E-state index contributed by atoms with van der Waals surface area (Å²) in [6, 6.07) is 9.36. The molecule has 7 nitrogen and oxygen atoms in total. The van der Waals surface area contributed by atoms with E-state index in [4.69, 9.17) is 0 Å². The molecular weight excluding hydrogens is 546 g/mol. The summed E-state index contributed by atoms with van der Waals surface area (Å²) in [5, 5.41) is 9.11. The largest absolute Gasteiger partial charge is 0.433 e. The highest BCUT2D eigenvalue weighted by Gasteiger charge is 2.32. The second-order valence-corrected chi connectivity index (χ2v) is 7.61. The van der Waals surface area contributed by atoms with E-state index >= 15 is 0 Å². The summed E-state index contributed by atoms with van der Waals surface area (Å²) in [5.41, 5.74) is 1.46. The Hall–Kier alpha value is -2.15. The summed E-state index contributed by atoms with van der Waals surface area (Å²) >= 11 is 0. The molecular formula is C22H31F3IN7. The van der Waals surface area contributed by atoms with Crippen molar-refractivity contribution < 1.29 is 13.2 Å². The highest BCUT2D eigenvalue weighted by molar-refractivity contribution is 14.0. The molecule has 3 N–H and O–H groups in total. The number of alkyl halides is 3. The average molecular weight is 577 g/mol. The van der Waals surface area contributed by atoms with Crippen molar-refractivity contribution in [3.05, 3.63) is 53.3 Å².